The number of carbonyl (C=O) groups excluding carboxylic acids is 1. The third kappa shape index (κ3) is 3.61. The molecule has 0 radical (unpaired) electrons. The summed E-state index contributed by atoms with van der Waals surface area (Å²) < 4.78 is 2.04. The SMILES string of the molecule is CCn1c(C)nc2cc(C(=O)N/N=C\c3cc([N+](=O)[O-])ccc3O)ccc21. The number of phenols is 1. The highest BCUT2D eigenvalue weighted by Crippen LogP contribution is 2.21. The van der Waals surface area contributed by atoms with Crippen LogP contribution in [0.15, 0.2) is 41.5 Å². The zero-order chi connectivity index (χ0) is 19.6. The third-order valence-corrected chi connectivity index (χ3v) is 4.11. The second kappa shape index (κ2) is 7.24. The number of fused-ring (bicyclic) bond motifs is 1. The van der Waals surface area contributed by atoms with Gasteiger partial charge in [-0.1, -0.05) is 0 Å². The molecule has 0 unspecified atom stereocenters. The number of hydrogen-bond donors (Lipinski definition) is 2. The van der Waals surface area contributed by atoms with E-state index in [1.165, 1.54) is 12.1 Å². The number of nitrogens with zero attached hydrogens (tertiary/aromatic N) is 4. The number of aromatic nitrogens is 2. The number of phenolic OH excluding ortho intramolecular Hbond substituents is 1. The Morgan fingerprint density at radius 1 is 1.37 bits per heavy atom. The van der Waals surface area contributed by atoms with Crippen LogP contribution in [0.5, 0.6) is 5.75 Å². The molecule has 2 aromatic carbocycles. The fraction of sp³-hybridized carbons (Fsp3) is 0.167. The first kappa shape index (κ1) is 18.1. The highest BCUT2D eigenvalue weighted by Gasteiger charge is 2.11. The van der Waals surface area contributed by atoms with Gasteiger partial charge >= 0.3 is 0 Å². The summed E-state index contributed by atoms with van der Waals surface area (Å²) in [7, 11) is 0. The lowest BCUT2D eigenvalue weighted by atomic mass is 10.2. The first-order valence-corrected chi connectivity index (χ1v) is 8.18. The van der Waals surface area contributed by atoms with Gasteiger partial charge in [0.25, 0.3) is 11.6 Å². The topological polar surface area (TPSA) is 123 Å². The van der Waals surface area contributed by atoms with E-state index in [-0.39, 0.29) is 17.0 Å². The van der Waals surface area contributed by atoms with E-state index in [0.29, 0.717) is 11.1 Å². The molecular formula is C18H17N5O4. The van der Waals surface area contributed by atoms with E-state index in [4.69, 9.17) is 0 Å². The zero-order valence-electron chi connectivity index (χ0n) is 14.7. The number of carbonyl (C=O) groups is 1. The van der Waals surface area contributed by atoms with Crippen molar-refractivity contribution in [2.75, 3.05) is 0 Å². The van der Waals surface area contributed by atoms with Gasteiger partial charge in [0, 0.05) is 29.8 Å². The molecule has 138 valence electrons. The number of hydrazone groups is 1. The maximum atomic E-state index is 12.3. The van der Waals surface area contributed by atoms with Crippen molar-refractivity contribution < 1.29 is 14.8 Å². The summed E-state index contributed by atoms with van der Waals surface area (Å²) >= 11 is 0. The van der Waals surface area contributed by atoms with Crippen LogP contribution in [-0.2, 0) is 6.54 Å². The first-order valence-electron chi connectivity index (χ1n) is 8.18. The maximum Gasteiger partial charge on any atom is 0.271 e. The Labute approximate surface area is 154 Å². The molecule has 9 nitrogen and oxygen atoms in total. The molecule has 1 aromatic heterocycles. The van der Waals surface area contributed by atoms with Crippen LogP contribution in [0.4, 0.5) is 5.69 Å². The molecule has 0 atom stereocenters. The Hall–Kier alpha value is -3.75. The van der Waals surface area contributed by atoms with Gasteiger partial charge in [0.05, 0.1) is 22.2 Å². The Morgan fingerprint density at radius 2 is 2.15 bits per heavy atom. The number of nitrogens with one attached hydrogen (secondary N) is 1. The predicted molar refractivity (Wildman–Crippen MR) is 100.0 cm³/mol. The molecule has 0 saturated carbocycles. The standard InChI is InChI=1S/C18H17N5O4/c1-3-22-11(2)20-15-9-12(4-6-16(15)22)18(25)21-19-10-13-8-14(23(26)27)5-7-17(13)24/h4-10,24H,3H2,1-2H3,(H,21,25)/b19-10-. The second-order valence-electron chi connectivity index (χ2n) is 5.81. The summed E-state index contributed by atoms with van der Waals surface area (Å²) in [5.74, 6) is 0.228. The molecule has 1 heterocycles. The molecule has 0 aliphatic rings. The summed E-state index contributed by atoms with van der Waals surface area (Å²) in [6.45, 7) is 4.71. The van der Waals surface area contributed by atoms with Crippen molar-refractivity contribution in [1.29, 1.82) is 0 Å². The summed E-state index contributed by atoms with van der Waals surface area (Å²) in [6.07, 6.45) is 1.15. The normalized spacial score (nSPS) is 11.2. The predicted octanol–water partition coefficient (Wildman–Crippen LogP) is 2.74. The fourth-order valence-corrected chi connectivity index (χ4v) is 2.77. The highest BCUT2D eigenvalue weighted by atomic mass is 16.6. The summed E-state index contributed by atoms with van der Waals surface area (Å²) in [6, 6.07) is 8.70. The number of rotatable bonds is 5. The third-order valence-electron chi connectivity index (χ3n) is 4.11. The minimum Gasteiger partial charge on any atom is -0.507 e. The quantitative estimate of drug-likeness (QED) is 0.408. The zero-order valence-corrected chi connectivity index (χ0v) is 14.7. The minimum atomic E-state index is -0.581. The lowest BCUT2D eigenvalue weighted by molar-refractivity contribution is -0.384. The number of aryl methyl sites for hydroxylation is 2. The molecule has 1 amide bonds. The molecule has 3 rings (SSSR count). The van der Waals surface area contributed by atoms with Crippen molar-refractivity contribution in [2.24, 2.45) is 5.10 Å². The highest BCUT2D eigenvalue weighted by molar-refractivity contribution is 5.98. The number of aromatic hydroxyl groups is 1. The van der Waals surface area contributed by atoms with Crippen LogP contribution in [0.25, 0.3) is 11.0 Å². The smallest absolute Gasteiger partial charge is 0.271 e. The molecule has 3 aromatic rings. The Bertz CT molecular complexity index is 1070. The molecule has 0 fully saturated rings. The van der Waals surface area contributed by atoms with Gasteiger partial charge in [0.2, 0.25) is 0 Å². The van der Waals surface area contributed by atoms with Gasteiger partial charge in [-0.15, -0.1) is 0 Å². The molecule has 0 aliphatic heterocycles. The van der Waals surface area contributed by atoms with Crippen LogP contribution in [0, 0.1) is 17.0 Å². The van der Waals surface area contributed by atoms with Gasteiger partial charge in [0.15, 0.2) is 0 Å². The van der Waals surface area contributed by atoms with Gasteiger partial charge in [-0.05, 0) is 38.1 Å². The van der Waals surface area contributed by atoms with Crippen LogP contribution in [0.1, 0.15) is 28.7 Å². The van der Waals surface area contributed by atoms with E-state index in [9.17, 15) is 20.0 Å². The number of benzene rings is 2. The van der Waals surface area contributed by atoms with Crippen molar-refractivity contribution in [3.63, 3.8) is 0 Å². The van der Waals surface area contributed by atoms with Crippen molar-refractivity contribution in [3.8, 4) is 5.75 Å². The maximum absolute atomic E-state index is 12.3. The number of imidazole rings is 1. The molecule has 27 heavy (non-hydrogen) atoms. The van der Waals surface area contributed by atoms with Gasteiger partial charge in [-0.3, -0.25) is 14.9 Å². The van der Waals surface area contributed by atoms with E-state index in [0.717, 1.165) is 30.2 Å². The van der Waals surface area contributed by atoms with Crippen molar-refractivity contribution in [2.45, 2.75) is 20.4 Å². The van der Waals surface area contributed by atoms with Gasteiger partial charge in [-0.25, -0.2) is 10.4 Å². The molecular weight excluding hydrogens is 350 g/mol. The Morgan fingerprint density at radius 3 is 2.85 bits per heavy atom. The van der Waals surface area contributed by atoms with E-state index in [2.05, 4.69) is 15.5 Å². The van der Waals surface area contributed by atoms with Gasteiger partial charge in [-0.2, -0.15) is 5.10 Å². The molecule has 2 N–H and O–H groups in total. The number of hydrogen-bond acceptors (Lipinski definition) is 6. The van der Waals surface area contributed by atoms with Crippen LogP contribution in [0.2, 0.25) is 0 Å². The molecule has 0 spiro atoms. The Kier molecular flexibility index (Phi) is 4.84. The fourth-order valence-electron chi connectivity index (χ4n) is 2.77. The second-order valence-corrected chi connectivity index (χ2v) is 5.81. The number of non-ortho nitro benzene ring substituents is 1. The van der Waals surface area contributed by atoms with E-state index in [1.807, 2.05) is 24.5 Å². The Balaban J connectivity index is 1.78. The molecule has 0 saturated heterocycles. The van der Waals surface area contributed by atoms with Crippen molar-refractivity contribution in [1.82, 2.24) is 15.0 Å². The summed E-state index contributed by atoms with van der Waals surface area (Å²) in [4.78, 5) is 26.9. The van der Waals surface area contributed by atoms with E-state index < -0.39 is 10.8 Å². The summed E-state index contributed by atoms with van der Waals surface area (Å²) in [5.41, 5.74) is 4.30. The number of amides is 1. The average molecular weight is 367 g/mol. The monoisotopic (exact) mass is 367 g/mol. The lowest BCUT2D eigenvalue weighted by Gasteiger charge is -2.03. The largest absolute Gasteiger partial charge is 0.507 e. The summed E-state index contributed by atoms with van der Waals surface area (Å²) in [5, 5.41) is 24.3. The van der Waals surface area contributed by atoms with E-state index in [1.54, 1.807) is 12.1 Å². The number of nitro benzene ring substituents is 1. The van der Waals surface area contributed by atoms with Crippen LogP contribution in [-0.4, -0.2) is 31.7 Å². The van der Waals surface area contributed by atoms with Crippen LogP contribution < -0.4 is 5.43 Å². The van der Waals surface area contributed by atoms with E-state index >= 15 is 0 Å². The molecule has 0 bridgehead atoms. The lowest BCUT2D eigenvalue weighted by Crippen LogP contribution is -2.17. The first-order chi connectivity index (χ1) is 12.9. The van der Waals surface area contributed by atoms with Crippen molar-refractivity contribution >= 4 is 28.8 Å². The average Bonchev–Trinajstić information content (AvgIpc) is 2.96. The van der Waals surface area contributed by atoms with Crippen LogP contribution in [0.3, 0.4) is 0 Å². The van der Waals surface area contributed by atoms with Crippen LogP contribution >= 0.6 is 0 Å². The number of nitro groups is 1. The van der Waals surface area contributed by atoms with Crippen molar-refractivity contribution in [3.05, 3.63) is 63.5 Å². The molecule has 0 aliphatic carbocycles. The minimum absolute atomic E-state index is 0.122. The molecule has 9 heteroatoms. The van der Waals surface area contributed by atoms with Gasteiger partial charge in [0.1, 0.15) is 11.6 Å². The van der Waals surface area contributed by atoms with Gasteiger partial charge < -0.3 is 9.67 Å².